The highest BCUT2D eigenvalue weighted by Crippen LogP contribution is 2.28. The molecule has 0 saturated heterocycles. The van der Waals surface area contributed by atoms with Crippen molar-refractivity contribution in [1.29, 1.82) is 0 Å². The normalized spacial score (nSPS) is 11.9. The first kappa shape index (κ1) is 18.5. The smallest absolute Gasteiger partial charge is 0.246 e. The van der Waals surface area contributed by atoms with Crippen molar-refractivity contribution in [3.63, 3.8) is 0 Å². The van der Waals surface area contributed by atoms with Gasteiger partial charge in [-0.05, 0) is 48.9 Å². The summed E-state index contributed by atoms with van der Waals surface area (Å²) in [5.74, 6) is 1.48. The van der Waals surface area contributed by atoms with Gasteiger partial charge in [-0.2, -0.15) is 0 Å². The quantitative estimate of drug-likeness (QED) is 0.518. The first-order chi connectivity index (χ1) is 14.0. The number of pyridine rings is 1. The SMILES string of the molecule is CC(=O)N[C@H](C)c1ccc2nc(-c3ccc(Oc4cccc(O)c4)cn3)oc2c1. The monoisotopic (exact) mass is 389 g/mol. The highest BCUT2D eigenvalue weighted by Gasteiger charge is 2.13. The summed E-state index contributed by atoms with van der Waals surface area (Å²) < 4.78 is 11.5. The molecule has 29 heavy (non-hydrogen) atoms. The molecule has 2 aromatic carbocycles. The molecule has 2 heterocycles. The predicted molar refractivity (Wildman–Crippen MR) is 108 cm³/mol. The van der Waals surface area contributed by atoms with E-state index in [1.807, 2.05) is 25.1 Å². The van der Waals surface area contributed by atoms with Crippen LogP contribution in [0.5, 0.6) is 17.2 Å². The lowest BCUT2D eigenvalue weighted by molar-refractivity contribution is -0.119. The van der Waals surface area contributed by atoms with E-state index in [1.165, 1.54) is 13.0 Å². The van der Waals surface area contributed by atoms with Crippen LogP contribution in [0.25, 0.3) is 22.7 Å². The Balaban J connectivity index is 1.55. The van der Waals surface area contributed by atoms with E-state index in [-0.39, 0.29) is 17.7 Å². The number of rotatable bonds is 5. The van der Waals surface area contributed by atoms with Gasteiger partial charge in [0, 0.05) is 13.0 Å². The fourth-order valence-electron chi connectivity index (χ4n) is 2.96. The van der Waals surface area contributed by atoms with Gasteiger partial charge >= 0.3 is 0 Å². The van der Waals surface area contributed by atoms with Gasteiger partial charge in [-0.1, -0.05) is 12.1 Å². The van der Waals surface area contributed by atoms with E-state index < -0.39 is 0 Å². The number of aromatic hydroxyl groups is 1. The van der Waals surface area contributed by atoms with Gasteiger partial charge in [-0.3, -0.25) is 4.79 Å². The van der Waals surface area contributed by atoms with Gasteiger partial charge in [0.15, 0.2) is 5.58 Å². The molecule has 7 heteroatoms. The number of phenols is 1. The fourth-order valence-corrected chi connectivity index (χ4v) is 2.96. The van der Waals surface area contributed by atoms with E-state index >= 15 is 0 Å². The summed E-state index contributed by atoms with van der Waals surface area (Å²) in [7, 11) is 0. The number of oxazole rings is 1. The molecule has 0 aliphatic heterocycles. The maximum absolute atomic E-state index is 11.3. The maximum Gasteiger partial charge on any atom is 0.246 e. The van der Waals surface area contributed by atoms with E-state index in [0.29, 0.717) is 34.2 Å². The van der Waals surface area contributed by atoms with Crippen LogP contribution in [0.2, 0.25) is 0 Å². The molecular weight excluding hydrogens is 370 g/mol. The first-order valence-electron chi connectivity index (χ1n) is 9.09. The van der Waals surface area contributed by atoms with Crippen LogP contribution in [0.3, 0.4) is 0 Å². The minimum absolute atomic E-state index is 0.0897. The standard InChI is InChI=1S/C22H19N3O4/c1-13(24-14(2)26)15-6-8-19-21(10-15)29-22(25-19)20-9-7-18(12-23-20)28-17-5-3-4-16(27)11-17/h3-13,27H,1-2H3,(H,24,26)/t13-/m1/s1. The lowest BCUT2D eigenvalue weighted by Gasteiger charge is -2.12. The van der Waals surface area contributed by atoms with Gasteiger partial charge in [0.1, 0.15) is 28.5 Å². The van der Waals surface area contributed by atoms with Crippen molar-refractivity contribution in [1.82, 2.24) is 15.3 Å². The molecule has 1 atom stereocenters. The maximum atomic E-state index is 11.3. The number of aromatic nitrogens is 2. The number of hydrogen-bond acceptors (Lipinski definition) is 6. The fraction of sp³-hybridized carbons (Fsp3) is 0.136. The van der Waals surface area contributed by atoms with Crippen molar-refractivity contribution in [3.8, 4) is 28.8 Å². The van der Waals surface area contributed by atoms with Crippen LogP contribution in [0.1, 0.15) is 25.5 Å². The number of benzene rings is 2. The number of fused-ring (bicyclic) bond motifs is 1. The Hall–Kier alpha value is -3.87. The highest BCUT2D eigenvalue weighted by molar-refractivity contribution is 5.77. The van der Waals surface area contributed by atoms with Crippen molar-refractivity contribution < 1.29 is 19.1 Å². The van der Waals surface area contributed by atoms with Crippen molar-refractivity contribution in [2.75, 3.05) is 0 Å². The lowest BCUT2D eigenvalue weighted by atomic mass is 10.1. The molecule has 0 radical (unpaired) electrons. The molecule has 1 amide bonds. The van der Waals surface area contributed by atoms with E-state index in [4.69, 9.17) is 9.15 Å². The van der Waals surface area contributed by atoms with Crippen LogP contribution in [-0.4, -0.2) is 21.0 Å². The average molecular weight is 389 g/mol. The van der Waals surface area contributed by atoms with Crippen LogP contribution < -0.4 is 10.1 Å². The van der Waals surface area contributed by atoms with Crippen LogP contribution in [-0.2, 0) is 4.79 Å². The molecule has 4 aromatic rings. The zero-order chi connectivity index (χ0) is 20.4. The summed E-state index contributed by atoms with van der Waals surface area (Å²) in [6.07, 6.45) is 1.57. The topological polar surface area (TPSA) is 97.5 Å². The summed E-state index contributed by atoms with van der Waals surface area (Å²) >= 11 is 0. The Morgan fingerprint density at radius 2 is 2.00 bits per heavy atom. The molecule has 0 aliphatic rings. The molecule has 2 aromatic heterocycles. The molecule has 146 valence electrons. The van der Waals surface area contributed by atoms with Crippen molar-refractivity contribution >= 4 is 17.0 Å². The molecule has 0 fully saturated rings. The highest BCUT2D eigenvalue weighted by atomic mass is 16.5. The van der Waals surface area contributed by atoms with Gasteiger partial charge in [-0.25, -0.2) is 9.97 Å². The molecule has 0 spiro atoms. The third-order valence-electron chi connectivity index (χ3n) is 4.34. The largest absolute Gasteiger partial charge is 0.508 e. The average Bonchev–Trinajstić information content (AvgIpc) is 3.11. The molecule has 0 saturated carbocycles. The summed E-state index contributed by atoms with van der Waals surface area (Å²) in [5.41, 5.74) is 2.83. The third-order valence-corrected chi connectivity index (χ3v) is 4.34. The van der Waals surface area contributed by atoms with E-state index in [2.05, 4.69) is 15.3 Å². The molecule has 7 nitrogen and oxygen atoms in total. The van der Waals surface area contributed by atoms with Crippen molar-refractivity contribution in [2.24, 2.45) is 0 Å². The van der Waals surface area contributed by atoms with Crippen LogP contribution >= 0.6 is 0 Å². The molecule has 0 bridgehead atoms. The molecular formula is C22H19N3O4. The first-order valence-corrected chi connectivity index (χ1v) is 9.09. The van der Waals surface area contributed by atoms with Crippen LogP contribution in [0, 0.1) is 0 Å². The Kier molecular flexibility index (Phi) is 4.87. The van der Waals surface area contributed by atoms with Crippen LogP contribution in [0.4, 0.5) is 0 Å². The summed E-state index contributed by atoms with van der Waals surface area (Å²) in [6, 6.07) is 15.6. The lowest BCUT2D eigenvalue weighted by Crippen LogP contribution is -2.23. The minimum Gasteiger partial charge on any atom is -0.508 e. The van der Waals surface area contributed by atoms with E-state index in [9.17, 15) is 9.90 Å². The third kappa shape index (κ3) is 4.19. The number of carbonyl (C=O) groups is 1. The number of phenolic OH excluding ortho intramolecular Hbond substituents is 1. The number of carbonyl (C=O) groups excluding carboxylic acids is 1. The van der Waals surface area contributed by atoms with Crippen LogP contribution in [0.15, 0.2) is 65.2 Å². The molecule has 2 N–H and O–H groups in total. The van der Waals surface area contributed by atoms with E-state index in [1.54, 1.807) is 36.5 Å². The molecule has 0 unspecified atom stereocenters. The number of amides is 1. The van der Waals surface area contributed by atoms with Gasteiger partial charge in [0.05, 0.1) is 12.2 Å². The second kappa shape index (κ2) is 7.63. The second-order valence-electron chi connectivity index (χ2n) is 6.65. The summed E-state index contributed by atoms with van der Waals surface area (Å²) in [4.78, 5) is 20.1. The zero-order valence-electron chi connectivity index (χ0n) is 15.9. The van der Waals surface area contributed by atoms with Crippen molar-refractivity contribution in [3.05, 3.63) is 66.4 Å². The van der Waals surface area contributed by atoms with Gasteiger partial charge < -0.3 is 19.6 Å². The summed E-state index contributed by atoms with van der Waals surface area (Å²) in [6.45, 7) is 3.40. The van der Waals surface area contributed by atoms with E-state index in [0.717, 1.165) is 5.56 Å². The van der Waals surface area contributed by atoms with Gasteiger partial charge in [-0.15, -0.1) is 0 Å². The molecule has 4 rings (SSSR count). The van der Waals surface area contributed by atoms with Crippen molar-refractivity contribution in [2.45, 2.75) is 19.9 Å². The predicted octanol–water partition coefficient (Wildman–Crippen LogP) is 4.58. The number of nitrogens with zero attached hydrogens (tertiary/aromatic N) is 2. The Bertz CT molecular complexity index is 1170. The second-order valence-corrected chi connectivity index (χ2v) is 6.65. The Morgan fingerprint density at radius 3 is 2.72 bits per heavy atom. The number of nitrogens with one attached hydrogen (secondary N) is 1. The zero-order valence-corrected chi connectivity index (χ0v) is 15.9. The summed E-state index contributed by atoms with van der Waals surface area (Å²) in [5, 5.41) is 12.4. The van der Waals surface area contributed by atoms with Gasteiger partial charge in [0.25, 0.3) is 0 Å². The molecule has 0 aliphatic carbocycles. The Morgan fingerprint density at radius 1 is 1.14 bits per heavy atom. The Labute approximate surface area is 167 Å². The van der Waals surface area contributed by atoms with Gasteiger partial charge in [0.2, 0.25) is 11.8 Å². The number of hydrogen-bond donors (Lipinski definition) is 2. The number of ether oxygens (including phenoxy) is 1. The minimum atomic E-state index is -0.127.